The summed E-state index contributed by atoms with van der Waals surface area (Å²) in [6, 6.07) is -3.16. The van der Waals surface area contributed by atoms with Crippen LogP contribution in [0, 0.1) is 11.8 Å². The Labute approximate surface area is 359 Å². The van der Waals surface area contributed by atoms with Crippen LogP contribution in [0.2, 0.25) is 0 Å². The number of primary amides is 2. The Balaban J connectivity index is 1.36. The second kappa shape index (κ2) is 25.6. The summed E-state index contributed by atoms with van der Waals surface area (Å²) >= 11 is 1.83. The van der Waals surface area contributed by atoms with Crippen molar-refractivity contribution in [3.05, 3.63) is 0 Å². The molecule has 3 saturated heterocycles. The van der Waals surface area contributed by atoms with Crippen LogP contribution < -0.4 is 54.2 Å². The van der Waals surface area contributed by atoms with Gasteiger partial charge in [-0.15, -0.1) is 0 Å². The Bertz CT molecular complexity index is 1600. The highest BCUT2D eigenvalue weighted by molar-refractivity contribution is 8.00. The SMILES string of the molecule is CC(C)CC(CC(=O)NO)C(=O)N1CCC[C@H]1C(=O)N[C@@H](CCC(N)=O)C(=O)NCC(=O)NCC(=O)N[C@@H](CCCCNC(=O)CCCC[C@@H]1SC[C@@H]2NC(=O)N[C@@H]21)C(N)=O. The smallest absolute Gasteiger partial charge is 0.315 e. The number of carbonyl (C=O) groups excluding carboxylic acids is 10. The summed E-state index contributed by atoms with van der Waals surface area (Å²) in [6.07, 6.45) is 4.32. The molecule has 23 heteroatoms. The molecule has 61 heavy (non-hydrogen) atoms. The predicted molar refractivity (Wildman–Crippen MR) is 221 cm³/mol. The van der Waals surface area contributed by atoms with Gasteiger partial charge in [0, 0.05) is 49.3 Å². The minimum Gasteiger partial charge on any atom is -0.370 e. The van der Waals surface area contributed by atoms with Crippen LogP contribution >= 0.6 is 11.8 Å². The third-order valence-electron chi connectivity index (χ3n) is 10.7. The predicted octanol–water partition coefficient (Wildman–Crippen LogP) is -2.50. The Morgan fingerprint density at radius 3 is 2.26 bits per heavy atom. The van der Waals surface area contributed by atoms with E-state index in [-0.39, 0.29) is 68.6 Å². The number of hydrogen-bond donors (Lipinski definition) is 11. The van der Waals surface area contributed by atoms with E-state index in [1.165, 1.54) is 10.4 Å². The third kappa shape index (κ3) is 17.4. The van der Waals surface area contributed by atoms with E-state index >= 15 is 0 Å². The van der Waals surface area contributed by atoms with Gasteiger partial charge in [-0.2, -0.15) is 11.8 Å². The fraction of sp³-hybridized carbons (Fsp3) is 0.737. The van der Waals surface area contributed by atoms with Gasteiger partial charge in [-0.1, -0.05) is 20.3 Å². The van der Waals surface area contributed by atoms with Crippen molar-refractivity contribution in [1.29, 1.82) is 0 Å². The van der Waals surface area contributed by atoms with Crippen LogP contribution in [-0.4, -0.2) is 137 Å². The van der Waals surface area contributed by atoms with Crippen LogP contribution in [-0.2, 0) is 43.2 Å². The Hall–Kier alpha value is -5.19. The Kier molecular flexibility index (Phi) is 21.0. The number of fused-ring (bicyclic) bond motifs is 1. The first-order valence-corrected chi connectivity index (χ1v) is 21.9. The number of urea groups is 1. The molecule has 0 radical (unpaired) electrons. The maximum atomic E-state index is 13.5. The summed E-state index contributed by atoms with van der Waals surface area (Å²) in [5, 5.41) is 27.7. The van der Waals surface area contributed by atoms with E-state index in [0.29, 0.717) is 43.9 Å². The molecule has 11 amide bonds. The van der Waals surface area contributed by atoms with Gasteiger partial charge in [0.2, 0.25) is 53.2 Å². The molecule has 7 atom stereocenters. The van der Waals surface area contributed by atoms with Gasteiger partial charge in [0.25, 0.3) is 0 Å². The number of amides is 11. The number of hydroxylamine groups is 1. The lowest BCUT2D eigenvalue weighted by Gasteiger charge is -2.30. The lowest BCUT2D eigenvalue weighted by Crippen LogP contribution is -2.55. The highest BCUT2D eigenvalue weighted by Crippen LogP contribution is 2.33. The summed E-state index contributed by atoms with van der Waals surface area (Å²) in [7, 11) is 0. The lowest BCUT2D eigenvalue weighted by atomic mass is 9.92. The van der Waals surface area contributed by atoms with Crippen molar-refractivity contribution in [2.24, 2.45) is 23.3 Å². The average molecular weight is 882 g/mol. The van der Waals surface area contributed by atoms with Crippen molar-refractivity contribution in [3.8, 4) is 0 Å². The van der Waals surface area contributed by atoms with Crippen molar-refractivity contribution >= 4 is 71.0 Å². The molecule has 0 bridgehead atoms. The van der Waals surface area contributed by atoms with Crippen molar-refractivity contribution in [3.63, 3.8) is 0 Å². The largest absolute Gasteiger partial charge is 0.370 e. The molecule has 3 heterocycles. The number of hydrogen-bond acceptors (Lipinski definition) is 12. The van der Waals surface area contributed by atoms with Crippen LogP contribution in [0.4, 0.5) is 4.79 Å². The number of thioether (sulfide) groups is 1. The van der Waals surface area contributed by atoms with E-state index in [2.05, 4.69) is 37.2 Å². The molecule has 3 aliphatic heterocycles. The highest BCUT2D eigenvalue weighted by Gasteiger charge is 2.43. The number of nitrogens with one attached hydrogen (secondary N) is 8. The second-order valence-electron chi connectivity index (χ2n) is 16.1. The van der Waals surface area contributed by atoms with Gasteiger partial charge in [0.15, 0.2) is 0 Å². The molecule has 0 aromatic heterocycles. The maximum absolute atomic E-state index is 13.5. The van der Waals surface area contributed by atoms with Gasteiger partial charge in [-0.05, 0) is 63.7 Å². The zero-order valence-electron chi connectivity index (χ0n) is 34.9. The molecule has 3 fully saturated rings. The van der Waals surface area contributed by atoms with Gasteiger partial charge in [0.1, 0.15) is 18.1 Å². The number of carbonyl (C=O) groups is 10. The molecule has 0 aromatic rings. The van der Waals surface area contributed by atoms with Crippen LogP contribution in [0.15, 0.2) is 0 Å². The normalized spacial score (nSPS) is 20.6. The summed E-state index contributed by atoms with van der Waals surface area (Å²) in [5.41, 5.74) is 12.3. The fourth-order valence-electron chi connectivity index (χ4n) is 7.60. The Morgan fingerprint density at radius 2 is 1.57 bits per heavy atom. The summed E-state index contributed by atoms with van der Waals surface area (Å²) in [4.78, 5) is 126. The number of nitrogens with zero attached hydrogens (tertiary/aromatic N) is 1. The molecule has 0 spiro atoms. The summed E-state index contributed by atoms with van der Waals surface area (Å²) in [5.74, 6) is -5.72. The molecule has 0 saturated carbocycles. The second-order valence-corrected chi connectivity index (χ2v) is 17.3. The molecule has 3 aliphatic rings. The number of rotatable bonds is 27. The third-order valence-corrected chi connectivity index (χ3v) is 12.2. The highest BCUT2D eigenvalue weighted by atomic mass is 32.2. The van der Waals surface area contributed by atoms with Gasteiger partial charge in [-0.3, -0.25) is 48.4 Å². The first-order chi connectivity index (χ1) is 29.0. The molecule has 0 aliphatic carbocycles. The van der Waals surface area contributed by atoms with Crippen LogP contribution in [0.25, 0.3) is 0 Å². The Morgan fingerprint density at radius 1 is 0.836 bits per heavy atom. The topological polar surface area (TPSA) is 342 Å². The zero-order chi connectivity index (χ0) is 45.1. The molecule has 342 valence electrons. The van der Waals surface area contributed by atoms with E-state index in [0.717, 1.165) is 25.0 Å². The van der Waals surface area contributed by atoms with E-state index in [1.807, 2.05) is 25.6 Å². The maximum Gasteiger partial charge on any atom is 0.315 e. The zero-order valence-corrected chi connectivity index (χ0v) is 35.7. The summed E-state index contributed by atoms with van der Waals surface area (Å²) in [6.45, 7) is 3.16. The van der Waals surface area contributed by atoms with E-state index in [4.69, 9.17) is 16.7 Å². The quantitative estimate of drug-likeness (QED) is 0.0177. The van der Waals surface area contributed by atoms with Crippen molar-refractivity contribution in [2.45, 2.75) is 133 Å². The van der Waals surface area contributed by atoms with Crippen LogP contribution in [0.5, 0.6) is 0 Å². The van der Waals surface area contributed by atoms with E-state index < -0.39 is 84.4 Å². The molecule has 1 unspecified atom stereocenters. The van der Waals surface area contributed by atoms with Crippen molar-refractivity contribution in [1.82, 2.24) is 47.6 Å². The first-order valence-electron chi connectivity index (χ1n) is 20.9. The van der Waals surface area contributed by atoms with Crippen LogP contribution in [0.3, 0.4) is 0 Å². The molecule has 22 nitrogen and oxygen atoms in total. The monoisotopic (exact) mass is 881 g/mol. The molecular weight excluding hydrogens is 819 g/mol. The molecule has 3 rings (SSSR count). The minimum absolute atomic E-state index is 0.0274. The van der Waals surface area contributed by atoms with Crippen molar-refractivity contribution < 1.29 is 53.2 Å². The van der Waals surface area contributed by atoms with E-state index in [9.17, 15) is 47.9 Å². The van der Waals surface area contributed by atoms with Gasteiger partial charge in [-0.25, -0.2) is 10.3 Å². The molecule has 13 N–H and O–H groups in total. The van der Waals surface area contributed by atoms with Gasteiger partial charge >= 0.3 is 6.03 Å². The summed E-state index contributed by atoms with van der Waals surface area (Å²) < 4.78 is 0. The molecule has 0 aromatic carbocycles. The van der Waals surface area contributed by atoms with Gasteiger partial charge in [0.05, 0.1) is 25.2 Å². The van der Waals surface area contributed by atoms with Gasteiger partial charge < -0.3 is 53.6 Å². The molecular formula is C38H63N11O11S. The standard InChI is InChI=1S/C38H63N11O11S/c1-21(2)16-22(17-30(52)48-60)37(58)49-15-7-9-26(49)36(57)45-24(12-13-28(39)50)35(56)43-18-31(53)42-19-32(54)44-23(34(40)55)8-5-6-14-41-29(51)11-4-3-10-27-33-25(20-61-27)46-38(59)47-33/h21-27,33,60H,3-20H2,1-2H3,(H2,39,50)(H2,40,55)(H,41,51)(H,42,53)(H,43,56)(H,44,54)(H,45,57)(H,48,52)(H2,46,47,59)/t22?,23-,24-,25-,26-,27-,33-/m0/s1. The van der Waals surface area contributed by atoms with Crippen LogP contribution in [0.1, 0.15) is 97.3 Å². The number of likely N-dealkylation sites (tertiary alicyclic amines) is 1. The fourth-order valence-corrected chi connectivity index (χ4v) is 9.14. The lowest BCUT2D eigenvalue weighted by molar-refractivity contribution is -0.145. The number of nitrogens with two attached hydrogens (primary N) is 2. The first kappa shape index (κ1) is 50.2. The number of unbranched alkanes of at least 4 members (excludes halogenated alkanes) is 2. The van der Waals surface area contributed by atoms with E-state index in [1.54, 1.807) is 0 Å². The average Bonchev–Trinajstić information content (AvgIpc) is 3.94. The minimum atomic E-state index is -1.32. The van der Waals surface area contributed by atoms with Crippen molar-refractivity contribution in [2.75, 3.05) is 31.9 Å².